The normalized spacial score (nSPS) is 45.9. The fourth-order valence-electron chi connectivity index (χ4n) is 8.14. The molecule has 9 heteroatoms. The summed E-state index contributed by atoms with van der Waals surface area (Å²) in [4.78, 5) is 38.8. The molecule has 2 spiro atoms. The van der Waals surface area contributed by atoms with Crippen LogP contribution in [0, 0.1) is 22.7 Å². The molecule has 5 aliphatic rings. The van der Waals surface area contributed by atoms with Gasteiger partial charge in [-0.05, 0) is 52.4 Å². The van der Waals surface area contributed by atoms with Gasteiger partial charge < -0.3 is 28.8 Å². The number of rotatable bonds is 5. The maximum Gasteiger partial charge on any atom is 0.333 e. The summed E-state index contributed by atoms with van der Waals surface area (Å²) < 4.78 is 31.1. The Kier molecular flexibility index (Phi) is 6.56. The smallest absolute Gasteiger partial charge is 0.333 e. The maximum absolute atomic E-state index is 13.3. The summed E-state index contributed by atoms with van der Waals surface area (Å²) in [6.07, 6.45) is 3.42. The molecular formula is C29H42O9. The van der Waals surface area contributed by atoms with E-state index in [-0.39, 0.29) is 31.5 Å². The summed E-state index contributed by atoms with van der Waals surface area (Å²) in [6.45, 7) is 11.3. The highest BCUT2D eigenvalue weighted by molar-refractivity contribution is 5.88. The molecule has 3 aliphatic heterocycles. The number of cyclic esters (lactones) is 1. The van der Waals surface area contributed by atoms with Crippen LogP contribution in [0.1, 0.15) is 80.1 Å². The molecule has 3 heterocycles. The minimum atomic E-state index is -1.13. The van der Waals surface area contributed by atoms with Crippen LogP contribution >= 0.6 is 0 Å². The van der Waals surface area contributed by atoms with Gasteiger partial charge in [0.05, 0.1) is 31.0 Å². The number of hydrogen-bond donors (Lipinski definition) is 1. The molecule has 9 nitrogen and oxygen atoms in total. The Bertz CT molecular complexity index is 1050. The number of ether oxygens (including phenoxy) is 5. The summed E-state index contributed by atoms with van der Waals surface area (Å²) in [7, 11) is 0. The van der Waals surface area contributed by atoms with Crippen LogP contribution in [-0.4, -0.2) is 71.8 Å². The summed E-state index contributed by atoms with van der Waals surface area (Å²) in [5.41, 5.74) is -3.79. The SMILES string of the molecule is C/C=C(\C)C(=O)O[C@H]1[C@H](OC(=O)C(C)C)[C@]2(C)O[C@]3(CC[C@]2(C)[C@H]2CCC[C@]4(CO4)[C@]12CO)COC(=O)C3. The molecule has 0 bridgehead atoms. The van der Waals surface area contributed by atoms with Gasteiger partial charge in [-0.1, -0.05) is 33.3 Å². The molecule has 1 N–H and O–H groups in total. The van der Waals surface area contributed by atoms with Gasteiger partial charge in [0, 0.05) is 11.0 Å². The van der Waals surface area contributed by atoms with E-state index in [1.54, 1.807) is 33.8 Å². The van der Waals surface area contributed by atoms with Crippen molar-refractivity contribution in [3.8, 4) is 0 Å². The van der Waals surface area contributed by atoms with Crippen LogP contribution < -0.4 is 0 Å². The zero-order valence-electron chi connectivity index (χ0n) is 23.5. The summed E-state index contributed by atoms with van der Waals surface area (Å²) in [5.74, 6) is -1.88. The predicted molar refractivity (Wildman–Crippen MR) is 135 cm³/mol. The van der Waals surface area contributed by atoms with Crippen molar-refractivity contribution in [2.24, 2.45) is 22.7 Å². The van der Waals surface area contributed by atoms with E-state index in [0.29, 0.717) is 25.0 Å². The van der Waals surface area contributed by atoms with Gasteiger partial charge in [-0.2, -0.15) is 0 Å². The van der Waals surface area contributed by atoms with Gasteiger partial charge in [0.25, 0.3) is 0 Å². The molecule has 0 aromatic carbocycles. The molecule has 5 fully saturated rings. The molecule has 0 aromatic heterocycles. The highest BCUT2D eigenvalue weighted by atomic mass is 16.6. The third kappa shape index (κ3) is 3.64. The number of carbonyl (C=O) groups excluding carboxylic acids is 3. The van der Waals surface area contributed by atoms with Crippen LogP contribution in [0.2, 0.25) is 0 Å². The molecule has 38 heavy (non-hydrogen) atoms. The van der Waals surface area contributed by atoms with Crippen molar-refractivity contribution in [1.29, 1.82) is 0 Å². The van der Waals surface area contributed by atoms with Crippen LogP contribution in [0.3, 0.4) is 0 Å². The van der Waals surface area contributed by atoms with Crippen molar-refractivity contribution in [3.05, 3.63) is 11.6 Å². The Morgan fingerprint density at radius 3 is 2.39 bits per heavy atom. The summed E-state index contributed by atoms with van der Waals surface area (Å²) in [6, 6.07) is 0. The van der Waals surface area contributed by atoms with Crippen LogP contribution in [0.5, 0.6) is 0 Å². The van der Waals surface area contributed by atoms with Crippen molar-refractivity contribution < 1.29 is 43.2 Å². The van der Waals surface area contributed by atoms with E-state index in [9.17, 15) is 19.5 Å². The number of aliphatic hydroxyl groups is 1. The number of fused-ring (bicyclic) bond motifs is 4. The van der Waals surface area contributed by atoms with Crippen LogP contribution in [-0.2, 0) is 38.1 Å². The molecule has 3 saturated heterocycles. The molecule has 2 aliphatic carbocycles. The Balaban J connectivity index is 1.71. The molecule has 0 amide bonds. The Morgan fingerprint density at radius 1 is 1.13 bits per heavy atom. The standard InChI is InChI=1S/C29H42O9/c1-7-18(4)24(33)37-22-21(36-23(32)17(2)3)26(6)25(5,11-12-27(38-26)13-20(31)34-15-27)19-9-8-10-28(16-35-28)29(19,22)14-30/h7,17,19,21-22,30H,8-16H2,1-6H3/b18-7+/t19-,21+,22+,25-,26+,27+,28+,29+/m1/s1. The number of hydrogen-bond acceptors (Lipinski definition) is 9. The zero-order valence-corrected chi connectivity index (χ0v) is 23.5. The zero-order chi connectivity index (χ0) is 27.7. The number of carbonyl (C=O) groups is 3. The van der Waals surface area contributed by atoms with Crippen molar-refractivity contribution in [2.45, 2.75) is 109 Å². The third-order valence-electron chi connectivity index (χ3n) is 10.7. The molecule has 8 atom stereocenters. The van der Waals surface area contributed by atoms with Gasteiger partial charge in [0.1, 0.15) is 23.4 Å². The van der Waals surface area contributed by atoms with Gasteiger partial charge in [0.15, 0.2) is 12.2 Å². The first-order chi connectivity index (χ1) is 17.8. The largest absolute Gasteiger partial charge is 0.463 e. The molecule has 0 aromatic rings. The predicted octanol–water partition coefficient (Wildman–Crippen LogP) is 3.25. The maximum atomic E-state index is 13.3. The lowest BCUT2D eigenvalue weighted by atomic mass is 9.40. The van der Waals surface area contributed by atoms with Crippen molar-refractivity contribution in [3.63, 3.8) is 0 Å². The third-order valence-corrected chi connectivity index (χ3v) is 10.7. The van der Waals surface area contributed by atoms with E-state index in [4.69, 9.17) is 23.7 Å². The van der Waals surface area contributed by atoms with Crippen LogP contribution in [0.25, 0.3) is 0 Å². The first-order valence-corrected chi connectivity index (χ1v) is 14.0. The molecule has 212 valence electrons. The van der Waals surface area contributed by atoms with Crippen LogP contribution in [0.4, 0.5) is 0 Å². The van der Waals surface area contributed by atoms with E-state index >= 15 is 0 Å². The molecule has 5 rings (SSSR count). The van der Waals surface area contributed by atoms with Gasteiger partial charge in [-0.25, -0.2) is 4.79 Å². The van der Waals surface area contributed by atoms with Crippen molar-refractivity contribution in [1.82, 2.24) is 0 Å². The number of esters is 3. The second-order valence-electron chi connectivity index (χ2n) is 12.9. The highest BCUT2D eigenvalue weighted by Gasteiger charge is 2.82. The van der Waals surface area contributed by atoms with E-state index in [1.165, 1.54) is 0 Å². The lowest BCUT2D eigenvalue weighted by Gasteiger charge is -2.70. The highest BCUT2D eigenvalue weighted by Crippen LogP contribution is 2.72. The molecule has 0 unspecified atom stereocenters. The second-order valence-corrected chi connectivity index (χ2v) is 12.9. The minimum absolute atomic E-state index is 0.120. The van der Waals surface area contributed by atoms with Gasteiger partial charge in [0.2, 0.25) is 0 Å². The number of aliphatic hydroxyl groups excluding tert-OH is 1. The number of epoxide rings is 1. The van der Waals surface area contributed by atoms with E-state index in [1.807, 2.05) is 6.92 Å². The summed E-state index contributed by atoms with van der Waals surface area (Å²) in [5, 5.41) is 11.3. The van der Waals surface area contributed by atoms with E-state index in [0.717, 1.165) is 19.3 Å². The van der Waals surface area contributed by atoms with E-state index in [2.05, 4.69) is 6.92 Å². The molecule has 0 radical (unpaired) electrons. The average Bonchev–Trinajstić information content (AvgIpc) is 3.57. The fourth-order valence-corrected chi connectivity index (χ4v) is 8.14. The van der Waals surface area contributed by atoms with E-state index < -0.39 is 57.7 Å². The van der Waals surface area contributed by atoms with Crippen molar-refractivity contribution >= 4 is 17.9 Å². The van der Waals surface area contributed by atoms with Gasteiger partial charge >= 0.3 is 17.9 Å². The fraction of sp³-hybridized carbons (Fsp3) is 0.828. The summed E-state index contributed by atoms with van der Waals surface area (Å²) >= 11 is 0. The molecular weight excluding hydrogens is 492 g/mol. The topological polar surface area (TPSA) is 121 Å². The minimum Gasteiger partial charge on any atom is -0.463 e. The van der Waals surface area contributed by atoms with Gasteiger partial charge in [-0.3, -0.25) is 9.59 Å². The Morgan fingerprint density at radius 2 is 1.84 bits per heavy atom. The first-order valence-electron chi connectivity index (χ1n) is 14.0. The average molecular weight is 535 g/mol. The van der Waals surface area contributed by atoms with Crippen molar-refractivity contribution in [2.75, 3.05) is 19.8 Å². The first kappa shape index (κ1) is 27.6. The monoisotopic (exact) mass is 534 g/mol. The van der Waals surface area contributed by atoms with Crippen LogP contribution in [0.15, 0.2) is 11.6 Å². The quantitative estimate of drug-likeness (QED) is 0.245. The lowest BCUT2D eigenvalue weighted by molar-refractivity contribution is -0.361. The Labute approximate surface area is 224 Å². The Hall–Kier alpha value is -1.97. The second kappa shape index (κ2) is 9.03. The van der Waals surface area contributed by atoms with Gasteiger partial charge in [-0.15, -0.1) is 0 Å². The molecule has 2 saturated carbocycles. The number of allylic oxidation sites excluding steroid dienone is 1. The lowest BCUT2D eigenvalue weighted by Crippen LogP contribution is -2.80.